The van der Waals surface area contributed by atoms with E-state index in [2.05, 4.69) is 12.2 Å². The normalized spacial score (nSPS) is 10.4. The van der Waals surface area contributed by atoms with Crippen LogP contribution in [0.25, 0.3) is 0 Å². The largest absolute Gasteiger partial charge is 0.508 e. The van der Waals surface area contributed by atoms with Crippen LogP contribution in [0.5, 0.6) is 17.2 Å². The summed E-state index contributed by atoms with van der Waals surface area (Å²) < 4.78 is 11.2. The molecule has 2 aromatic rings. The zero-order valence-electron chi connectivity index (χ0n) is 12.4. The van der Waals surface area contributed by atoms with E-state index < -0.39 is 0 Å². The Hall–Kier alpha value is -2.20. The second-order valence-corrected chi connectivity index (χ2v) is 4.72. The lowest BCUT2D eigenvalue weighted by atomic mass is 10.2. The Kier molecular flexibility index (Phi) is 5.46. The first-order chi connectivity index (χ1) is 10.2. The summed E-state index contributed by atoms with van der Waals surface area (Å²) in [5.74, 6) is 1.69. The molecule has 4 heteroatoms. The number of aromatic hydroxyl groups is 1. The first kappa shape index (κ1) is 15.2. The maximum atomic E-state index is 9.28. The van der Waals surface area contributed by atoms with E-state index in [1.807, 2.05) is 30.3 Å². The Morgan fingerprint density at radius 1 is 1.00 bits per heavy atom. The Bertz CT molecular complexity index is 567. The number of benzene rings is 2. The van der Waals surface area contributed by atoms with Crippen LogP contribution in [0, 0.1) is 0 Å². The molecule has 4 nitrogen and oxygen atoms in total. The zero-order chi connectivity index (χ0) is 15.1. The first-order valence-electron chi connectivity index (χ1n) is 7.01. The van der Waals surface area contributed by atoms with Crippen molar-refractivity contribution in [1.82, 2.24) is 5.32 Å². The van der Waals surface area contributed by atoms with E-state index in [4.69, 9.17) is 9.47 Å². The van der Waals surface area contributed by atoms with Gasteiger partial charge in [-0.05, 0) is 41.9 Å². The Morgan fingerprint density at radius 2 is 1.71 bits per heavy atom. The topological polar surface area (TPSA) is 50.7 Å². The molecule has 0 aromatic heterocycles. The quantitative estimate of drug-likeness (QED) is 0.821. The third-order valence-corrected chi connectivity index (χ3v) is 3.14. The summed E-state index contributed by atoms with van der Waals surface area (Å²) >= 11 is 0. The molecule has 0 aliphatic heterocycles. The second-order valence-electron chi connectivity index (χ2n) is 4.72. The van der Waals surface area contributed by atoms with Crippen molar-refractivity contribution in [3.05, 3.63) is 53.6 Å². The molecule has 112 valence electrons. The molecular formula is C17H21NO3. The van der Waals surface area contributed by atoms with Crippen molar-refractivity contribution in [2.45, 2.75) is 20.1 Å². The standard InChI is InChI=1S/C17H21NO3/c1-3-18-11-14-6-9-16(20-2)17(10-14)21-12-13-4-7-15(19)8-5-13/h4-10,18-19H,3,11-12H2,1-2H3. The van der Waals surface area contributed by atoms with Gasteiger partial charge in [-0.2, -0.15) is 0 Å². The highest BCUT2D eigenvalue weighted by Gasteiger charge is 2.06. The minimum atomic E-state index is 0.254. The summed E-state index contributed by atoms with van der Waals surface area (Å²) in [4.78, 5) is 0. The van der Waals surface area contributed by atoms with Crippen molar-refractivity contribution >= 4 is 0 Å². The molecule has 2 rings (SSSR count). The average Bonchev–Trinajstić information content (AvgIpc) is 2.52. The minimum absolute atomic E-state index is 0.254. The third-order valence-electron chi connectivity index (χ3n) is 3.14. The monoisotopic (exact) mass is 287 g/mol. The smallest absolute Gasteiger partial charge is 0.161 e. The van der Waals surface area contributed by atoms with E-state index in [1.165, 1.54) is 0 Å². The van der Waals surface area contributed by atoms with Crippen LogP contribution in [0.15, 0.2) is 42.5 Å². The van der Waals surface area contributed by atoms with Crippen LogP contribution in [-0.4, -0.2) is 18.8 Å². The lowest BCUT2D eigenvalue weighted by Gasteiger charge is -2.13. The molecule has 2 aromatic carbocycles. The fraction of sp³-hybridized carbons (Fsp3) is 0.294. The van der Waals surface area contributed by atoms with E-state index in [0.717, 1.165) is 30.0 Å². The van der Waals surface area contributed by atoms with Crippen LogP contribution in [0.1, 0.15) is 18.1 Å². The lowest BCUT2D eigenvalue weighted by molar-refractivity contribution is 0.284. The summed E-state index contributed by atoms with van der Waals surface area (Å²) in [6.07, 6.45) is 0. The highest BCUT2D eigenvalue weighted by molar-refractivity contribution is 5.43. The van der Waals surface area contributed by atoms with Gasteiger partial charge in [0.2, 0.25) is 0 Å². The van der Waals surface area contributed by atoms with Gasteiger partial charge in [0.05, 0.1) is 7.11 Å². The van der Waals surface area contributed by atoms with Crippen molar-refractivity contribution < 1.29 is 14.6 Å². The Morgan fingerprint density at radius 3 is 2.38 bits per heavy atom. The van der Waals surface area contributed by atoms with Gasteiger partial charge >= 0.3 is 0 Å². The molecule has 0 saturated carbocycles. The van der Waals surface area contributed by atoms with Crippen LogP contribution in [0.4, 0.5) is 0 Å². The maximum Gasteiger partial charge on any atom is 0.161 e. The van der Waals surface area contributed by atoms with E-state index in [0.29, 0.717) is 12.4 Å². The van der Waals surface area contributed by atoms with Gasteiger partial charge in [-0.25, -0.2) is 0 Å². The van der Waals surface area contributed by atoms with Gasteiger partial charge in [0.1, 0.15) is 12.4 Å². The fourth-order valence-electron chi connectivity index (χ4n) is 1.97. The molecular weight excluding hydrogens is 266 g/mol. The lowest BCUT2D eigenvalue weighted by Crippen LogP contribution is -2.11. The van der Waals surface area contributed by atoms with Crippen molar-refractivity contribution in [2.24, 2.45) is 0 Å². The summed E-state index contributed by atoms with van der Waals surface area (Å²) in [6.45, 7) is 4.23. The molecule has 0 saturated heterocycles. The van der Waals surface area contributed by atoms with Crippen molar-refractivity contribution in [2.75, 3.05) is 13.7 Å². The number of phenolic OH excluding ortho intramolecular Hbond substituents is 1. The molecule has 0 amide bonds. The van der Waals surface area contributed by atoms with E-state index in [9.17, 15) is 5.11 Å². The molecule has 0 fully saturated rings. The number of rotatable bonds is 7. The summed E-state index contributed by atoms with van der Waals surface area (Å²) in [6, 6.07) is 12.9. The van der Waals surface area contributed by atoms with E-state index >= 15 is 0 Å². The van der Waals surface area contributed by atoms with Gasteiger partial charge in [-0.15, -0.1) is 0 Å². The molecule has 0 aliphatic carbocycles. The number of hydrogen-bond acceptors (Lipinski definition) is 4. The molecule has 0 heterocycles. The molecule has 0 bridgehead atoms. The van der Waals surface area contributed by atoms with Gasteiger partial charge in [-0.3, -0.25) is 0 Å². The maximum absolute atomic E-state index is 9.28. The number of phenols is 1. The number of ether oxygens (including phenoxy) is 2. The zero-order valence-corrected chi connectivity index (χ0v) is 12.4. The molecule has 0 unspecified atom stereocenters. The molecule has 21 heavy (non-hydrogen) atoms. The van der Waals surface area contributed by atoms with Gasteiger partial charge in [0.15, 0.2) is 11.5 Å². The molecule has 0 spiro atoms. The Balaban J connectivity index is 2.07. The molecule has 0 aliphatic rings. The van der Waals surface area contributed by atoms with Crippen molar-refractivity contribution in [3.63, 3.8) is 0 Å². The Labute approximate surface area is 125 Å². The van der Waals surface area contributed by atoms with Crippen LogP contribution in [0.3, 0.4) is 0 Å². The molecule has 0 atom stereocenters. The SMILES string of the molecule is CCNCc1ccc(OC)c(OCc2ccc(O)cc2)c1. The number of nitrogens with one attached hydrogen (secondary N) is 1. The molecule has 0 radical (unpaired) electrons. The van der Waals surface area contributed by atoms with Gasteiger partial charge in [0, 0.05) is 6.54 Å². The predicted octanol–water partition coefficient (Wildman–Crippen LogP) is 3.09. The predicted molar refractivity (Wildman–Crippen MR) is 82.8 cm³/mol. The van der Waals surface area contributed by atoms with Crippen molar-refractivity contribution in [3.8, 4) is 17.2 Å². The summed E-state index contributed by atoms with van der Waals surface area (Å²) in [7, 11) is 1.63. The fourth-order valence-corrected chi connectivity index (χ4v) is 1.97. The highest BCUT2D eigenvalue weighted by atomic mass is 16.5. The third kappa shape index (κ3) is 4.39. The van der Waals surface area contributed by atoms with Gasteiger partial charge < -0.3 is 19.9 Å². The van der Waals surface area contributed by atoms with Crippen LogP contribution < -0.4 is 14.8 Å². The number of hydrogen-bond donors (Lipinski definition) is 2. The second kappa shape index (κ2) is 7.55. The average molecular weight is 287 g/mol. The first-order valence-corrected chi connectivity index (χ1v) is 7.01. The van der Waals surface area contributed by atoms with Gasteiger partial charge in [-0.1, -0.05) is 25.1 Å². The summed E-state index contributed by atoms with van der Waals surface area (Å²) in [5, 5.41) is 12.6. The van der Waals surface area contributed by atoms with E-state index in [-0.39, 0.29) is 5.75 Å². The highest BCUT2D eigenvalue weighted by Crippen LogP contribution is 2.29. The molecule has 2 N–H and O–H groups in total. The minimum Gasteiger partial charge on any atom is -0.508 e. The van der Waals surface area contributed by atoms with Crippen LogP contribution in [-0.2, 0) is 13.2 Å². The van der Waals surface area contributed by atoms with Crippen LogP contribution >= 0.6 is 0 Å². The van der Waals surface area contributed by atoms with Crippen LogP contribution in [0.2, 0.25) is 0 Å². The number of methoxy groups -OCH3 is 1. The summed E-state index contributed by atoms with van der Waals surface area (Å²) in [5.41, 5.74) is 2.14. The van der Waals surface area contributed by atoms with Crippen molar-refractivity contribution in [1.29, 1.82) is 0 Å². The van der Waals surface area contributed by atoms with E-state index in [1.54, 1.807) is 19.2 Å². The van der Waals surface area contributed by atoms with Gasteiger partial charge in [0.25, 0.3) is 0 Å².